The van der Waals surface area contributed by atoms with Gasteiger partial charge in [-0.15, -0.1) is 11.3 Å². The second kappa shape index (κ2) is 6.29. The van der Waals surface area contributed by atoms with E-state index in [0.29, 0.717) is 0 Å². The molecule has 1 aromatic carbocycles. The van der Waals surface area contributed by atoms with Crippen LogP contribution in [0.1, 0.15) is 26.9 Å². The van der Waals surface area contributed by atoms with E-state index in [-0.39, 0.29) is 6.04 Å². The van der Waals surface area contributed by atoms with Crippen LogP contribution in [0, 0.1) is 13.8 Å². The van der Waals surface area contributed by atoms with Crippen LogP contribution in [0.5, 0.6) is 11.5 Å². The molecule has 2 N–H and O–H groups in total. The van der Waals surface area contributed by atoms with Crippen LogP contribution >= 0.6 is 11.3 Å². The highest BCUT2D eigenvalue weighted by Gasteiger charge is 2.14. The average Bonchev–Trinajstić information content (AvgIpc) is 2.77. The van der Waals surface area contributed by atoms with Gasteiger partial charge in [0.1, 0.15) is 0 Å². The highest BCUT2D eigenvalue weighted by molar-refractivity contribution is 7.12. The Balaban J connectivity index is 2.19. The van der Waals surface area contributed by atoms with E-state index in [1.165, 1.54) is 15.3 Å². The molecule has 0 radical (unpaired) electrons. The summed E-state index contributed by atoms with van der Waals surface area (Å²) in [6.45, 7) is 4.23. The van der Waals surface area contributed by atoms with Crippen molar-refractivity contribution in [2.75, 3.05) is 14.2 Å². The number of benzene rings is 1. The van der Waals surface area contributed by atoms with Gasteiger partial charge < -0.3 is 15.2 Å². The predicted octanol–water partition coefficient (Wildman–Crippen LogP) is 3.62. The Morgan fingerprint density at radius 1 is 1.10 bits per heavy atom. The maximum atomic E-state index is 6.34. The lowest BCUT2D eigenvalue weighted by Gasteiger charge is -2.13. The average molecular weight is 291 g/mol. The van der Waals surface area contributed by atoms with E-state index in [1.54, 1.807) is 25.6 Å². The number of hydrogen-bond donors (Lipinski definition) is 1. The molecule has 0 bridgehead atoms. The molecule has 20 heavy (non-hydrogen) atoms. The minimum atomic E-state index is 0.0202. The van der Waals surface area contributed by atoms with Gasteiger partial charge in [-0.05, 0) is 49.6 Å². The van der Waals surface area contributed by atoms with E-state index in [9.17, 15) is 0 Å². The molecule has 0 aliphatic carbocycles. The van der Waals surface area contributed by atoms with Crippen LogP contribution in [0.15, 0.2) is 24.3 Å². The maximum absolute atomic E-state index is 6.34. The van der Waals surface area contributed by atoms with Crippen LogP contribution in [-0.4, -0.2) is 14.2 Å². The Kier molecular flexibility index (Phi) is 4.68. The smallest absolute Gasteiger partial charge is 0.160 e. The molecule has 0 fully saturated rings. The summed E-state index contributed by atoms with van der Waals surface area (Å²) in [6, 6.07) is 8.17. The van der Waals surface area contributed by atoms with Crippen molar-refractivity contribution in [2.45, 2.75) is 26.3 Å². The SMILES string of the molecule is COc1ccc(CC(N)c2sc(C)cc2C)cc1OC. The van der Waals surface area contributed by atoms with Gasteiger partial charge in [0.25, 0.3) is 0 Å². The fourth-order valence-electron chi connectivity index (χ4n) is 2.38. The van der Waals surface area contributed by atoms with Gasteiger partial charge in [-0.1, -0.05) is 6.07 Å². The molecule has 1 aromatic heterocycles. The number of hydrogen-bond acceptors (Lipinski definition) is 4. The molecule has 0 saturated heterocycles. The molecule has 1 heterocycles. The van der Waals surface area contributed by atoms with E-state index in [4.69, 9.17) is 15.2 Å². The normalized spacial score (nSPS) is 12.2. The van der Waals surface area contributed by atoms with Crippen LogP contribution in [0.3, 0.4) is 0 Å². The minimum Gasteiger partial charge on any atom is -0.493 e. The molecular weight excluding hydrogens is 270 g/mol. The predicted molar refractivity (Wildman–Crippen MR) is 84.0 cm³/mol. The monoisotopic (exact) mass is 291 g/mol. The highest BCUT2D eigenvalue weighted by Crippen LogP contribution is 2.31. The summed E-state index contributed by atoms with van der Waals surface area (Å²) in [5.41, 5.74) is 8.77. The number of nitrogens with two attached hydrogens (primary N) is 1. The molecule has 4 heteroatoms. The Morgan fingerprint density at radius 3 is 2.35 bits per heavy atom. The lowest BCUT2D eigenvalue weighted by Crippen LogP contribution is -2.13. The second-order valence-electron chi connectivity index (χ2n) is 4.90. The lowest BCUT2D eigenvalue weighted by molar-refractivity contribution is 0.354. The standard InChI is InChI=1S/C16H21NO2S/c1-10-7-11(2)20-16(10)13(17)8-12-5-6-14(18-3)15(9-12)19-4/h5-7,9,13H,8,17H2,1-4H3. The first-order valence-corrected chi connectivity index (χ1v) is 7.40. The van der Waals surface area contributed by atoms with Crippen molar-refractivity contribution in [3.05, 3.63) is 45.1 Å². The number of methoxy groups -OCH3 is 2. The van der Waals surface area contributed by atoms with Gasteiger partial charge in [-0.25, -0.2) is 0 Å². The zero-order chi connectivity index (χ0) is 14.7. The maximum Gasteiger partial charge on any atom is 0.160 e. The Morgan fingerprint density at radius 2 is 1.80 bits per heavy atom. The molecule has 0 aliphatic heterocycles. The second-order valence-corrected chi connectivity index (χ2v) is 6.19. The first kappa shape index (κ1) is 14.9. The van der Waals surface area contributed by atoms with Crippen LogP contribution in [0.4, 0.5) is 0 Å². The molecule has 108 valence electrons. The van der Waals surface area contributed by atoms with Crippen molar-refractivity contribution >= 4 is 11.3 Å². The van der Waals surface area contributed by atoms with Crippen LogP contribution in [0.2, 0.25) is 0 Å². The van der Waals surface area contributed by atoms with Crippen molar-refractivity contribution < 1.29 is 9.47 Å². The van der Waals surface area contributed by atoms with Gasteiger partial charge >= 0.3 is 0 Å². The number of ether oxygens (including phenoxy) is 2. The molecule has 3 nitrogen and oxygen atoms in total. The van der Waals surface area contributed by atoms with Gasteiger partial charge in [0, 0.05) is 15.8 Å². The van der Waals surface area contributed by atoms with Gasteiger partial charge in [0.05, 0.1) is 14.2 Å². The molecular formula is C16H21NO2S. The quantitative estimate of drug-likeness (QED) is 0.915. The summed E-state index contributed by atoms with van der Waals surface area (Å²) in [5, 5.41) is 0. The first-order valence-electron chi connectivity index (χ1n) is 6.58. The summed E-state index contributed by atoms with van der Waals surface area (Å²) in [7, 11) is 3.29. The molecule has 0 aliphatic rings. The molecule has 1 atom stereocenters. The van der Waals surface area contributed by atoms with Crippen molar-refractivity contribution in [3.8, 4) is 11.5 Å². The van der Waals surface area contributed by atoms with Gasteiger partial charge in [-0.2, -0.15) is 0 Å². The van der Waals surface area contributed by atoms with Crippen molar-refractivity contribution in [1.29, 1.82) is 0 Å². The molecule has 0 amide bonds. The summed E-state index contributed by atoms with van der Waals surface area (Å²) in [4.78, 5) is 2.57. The lowest BCUT2D eigenvalue weighted by atomic mass is 10.0. The topological polar surface area (TPSA) is 44.5 Å². The molecule has 0 saturated carbocycles. The van der Waals surface area contributed by atoms with Crippen molar-refractivity contribution in [2.24, 2.45) is 5.73 Å². The van der Waals surface area contributed by atoms with E-state index in [2.05, 4.69) is 19.9 Å². The van der Waals surface area contributed by atoms with Crippen LogP contribution in [-0.2, 0) is 6.42 Å². The van der Waals surface area contributed by atoms with E-state index in [0.717, 1.165) is 23.5 Å². The van der Waals surface area contributed by atoms with Gasteiger partial charge in [0.15, 0.2) is 11.5 Å². The molecule has 2 aromatic rings. The molecule has 0 spiro atoms. The number of thiophene rings is 1. The van der Waals surface area contributed by atoms with Gasteiger partial charge in [-0.3, -0.25) is 0 Å². The van der Waals surface area contributed by atoms with Gasteiger partial charge in [0.2, 0.25) is 0 Å². The minimum absolute atomic E-state index is 0.0202. The van der Waals surface area contributed by atoms with E-state index < -0.39 is 0 Å². The zero-order valence-electron chi connectivity index (χ0n) is 12.4. The third-order valence-electron chi connectivity index (χ3n) is 3.32. The summed E-state index contributed by atoms with van der Waals surface area (Å²) < 4.78 is 10.6. The van der Waals surface area contributed by atoms with Crippen LogP contribution < -0.4 is 15.2 Å². The van der Waals surface area contributed by atoms with Crippen molar-refractivity contribution in [1.82, 2.24) is 0 Å². The van der Waals surface area contributed by atoms with E-state index in [1.807, 2.05) is 18.2 Å². The fourth-order valence-corrected chi connectivity index (χ4v) is 3.42. The highest BCUT2D eigenvalue weighted by atomic mass is 32.1. The molecule has 2 rings (SSSR count). The van der Waals surface area contributed by atoms with Crippen LogP contribution in [0.25, 0.3) is 0 Å². The zero-order valence-corrected chi connectivity index (χ0v) is 13.2. The third-order valence-corrected chi connectivity index (χ3v) is 4.60. The van der Waals surface area contributed by atoms with E-state index >= 15 is 0 Å². The fraction of sp³-hybridized carbons (Fsp3) is 0.375. The Hall–Kier alpha value is -1.52. The molecule has 1 unspecified atom stereocenters. The largest absolute Gasteiger partial charge is 0.493 e. The Labute approximate surface area is 124 Å². The summed E-state index contributed by atoms with van der Waals surface area (Å²) >= 11 is 1.78. The number of rotatable bonds is 5. The number of aryl methyl sites for hydroxylation is 2. The summed E-state index contributed by atoms with van der Waals surface area (Å²) in [6.07, 6.45) is 0.793. The third kappa shape index (κ3) is 3.14. The first-order chi connectivity index (χ1) is 9.55. The Bertz CT molecular complexity index is 592. The van der Waals surface area contributed by atoms with Crippen molar-refractivity contribution in [3.63, 3.8) is 0 Å². The summed E-state index contributed by atoms with van der Waals surface area (Å²) in [5.74, 6) is 1.49.